The molecule has 1 fully saturated rings. The van der Waals surface area contributed by atoms with Crippen LogP contribution in [0.2, 0.25) is 0 Å². The maximum absolute atomic E-state index is 14.0. The molecule has 0 spiro atoms. The van der Waals surface area contributed by atoms with Crippen molar-refractivity contribution in [3.8, 4) is 0 Å². The molecule has 0 aliphatic carbocycles. The first-order chi connectivity index (χ1) is 15.1. The molecule has 0 aromatic heterocycles. The van der Waals surface area contributed by atoms with E-state index >= 15 is 0 Å². The van der Waals surface area contributed by atoms with Gasteiger partial charge >= 0.3 is 6.18 Å². The van der Waals surface area contributed by atoms with Crippen molar-refractivity contribution in [2.45, 2.75) is 38.3 Å². The zero-order chi connectivity index (χ0) is 23.2. The highest BCUT2D eigenvalue weighted by molar-refractivity contribution is 6.46. The van der Waals surface area contributed by atoms with Gasteiger partial charge in [-0.2, -0.15) is 13.2 Å². The van der Waals surface area contributed by atoms with Crippen LogP contribution in [0.1, 0.15) is 43.2 Å². The first-order valence-corrected chi connectivity index (χ1v) is 10.4. The summed E-state index contributed by atoms with van der Waals surface area (Å²) in [6.45, 7) is 3.21. The van der Waals surface area contributed by atoms with E-state index < -0.39 is 29.3 Å². The summed E-state index contributed by atoms with van der Waals surface area (Å²) in [4.78, 5) is 32.2. The van der Waals surface area contributed by atoms with Gasteiger partial charge in [0.2, 0.25) is 5.91 Å². The minimum absolute atomic E-state index is 0.0335. The first kappa shape index (κ1) is 22.4. The standard InChI is InChI=1S/C22H22F5N3O2/c1-12(31)30-9-6-16-14(11-30)10-28-20(16)21(32)29-7-4-13(5-8-29)15-2-3-17(23)19(24)18(15)22(25,26)27/h2-3,13H,4-11H2,1H3. The summed E-state index contributed by atoms with van der Waals surface area (Å²) in [5.74, 6) is -4.36. The summed E-state index contributed by atoms with van der Waals surface area (Å²) < 4.78 is 67.5. The molecule has 10 heteroatoms. The highest BCUT2D eigenvalue weighted by Gasteiger charge is 2.41. The maximum Gasteiger partial charge on any atom is 0.419 e. The number of halogens is 5. The Morgan fingerprint density at radius 2 is 1.75 bits per heavy atom. The SMILES string of the molecule is CC(=O)N1CCC2=C(CN=C2C(=O)N2CCC(c3ccc(F)c(F)c3C(F)(F)F)CC2)C1. The Morgan fingerprint density at radius 1 is 1.06 bits per heavy atom. The van der Waals surface area contributed by atoms with E-state index in [-0.39, 0.29) is 43.3 Å². The third-order valence-electron chi connectivity index (χ3n) is 6.43. The summed E-state index contributed by atoms with van der Waals surface area (Å²) in [6.07, 6.45) is -4.06. The fourth-order valence-electron chi connectivity index (χ4n) is 4.73. The Balaban J connectivity index is 1.46. The lowest BCUT2D eigenvalue weighted by atomic mass is 9.85. The van der Waals surface area contributed by atoms with E-state index in [1.807, 2.05) is 0 Å². The van der Waals surface area contributed by atoms with E-state index in [2.05, 4.69) is 4.99 Å². The van der Waals surface area contributed by atoms with Crippen LogP contribution in [0.3, 0.4) is 0 Å². The van der Waals surface area contributed by atoms with Gasteiger partial charge in [0, 0.05) is 33.1 Å². The lowest BCUT2D eigenvalue weighted by Crippen LogP contribution is -2.43. The zero-order valence-electron chi connectivity index (χ0n) is 17.4. The van der Waals surface area contributed by atoms with Gasteiger partial charge in [-0.1, -0.05) is 6.07 Å². The van der Waals surface area contributed by atoms with Gasteiger partial charge in [0.25, 0.3) is 5.91 Å². The topological polar surface area (TPSA) is 53.0 Å². The minimum Gasteiger partial charge on any atom is -0.339 e. The molecule has 3 aliphatic rings. The summed E-state index contributed by atoms with van der Waals surface area (Å²) in [6, 6.07) is 1.70. The number of amides is 2. The Bertz CT molecular complexity index is 1020. The number of alkyl halides is 3. The molecule has 1 saturated heterocycles. The third kappa shape index (κ3) is 4.02. The van der Waals surface area contributed by atoms with Crippen molar-refractivity contribution in [1.82, 2.24) is 9.80 Å². The number of hydrogen-bond donors (Lipinski definition) is 0. The fourth-order valence-corrected chi connectivity index (χ4v) is 4.73. The molecule has 0 N–H and O–H groups in total. The molecule has 3 aliphatic heterocycles. The van der Waals surface area contributed by atoms with Crippen molar-refractivity contribution < 1.29 is 31.5 Å². The summed E-state index contributed by atoms with van der Waals surface area (Å²) in [5.41, 5.74) is 0.333. The number of carbonyl (C=O) groups is 2. The molecule has 32 heavy (non-hydrogen) atoms. The highest BCUT2D eigenvalue weighted by atomic mass is 19.4. The Labute approximate surface area is 181 Å². The number of nitrogens with zero attached hydrogens (tertiary/aromatic N) is 3. The molecule has 172 valence electrons. The summed E-state index contributed by atoms with van der Waals surface area (Å²) in [7, 11) is 0. The van der Waals surface area contributed by atoms with E-state index in [0.717, 1.165) is 17.2 Å². The van der Waals surface area contributed by atoms with Crippen LogP contribution in [-0.2, 0) is 15.8 Å². The summed E-state index contributed by atoms with van der Waals surface area (Å²) in [5, 5.41) is 0. The van der Waals surface area contributed by atoms with Crippen LogP contribution < -0.4 is 0 Å². The average Bonchev–Trinajstić information content (AvgIpc) is 3.17. The van der Waals surface area contributed by atoms with Crippen molar-refractivity contribution in [3.63, 3.8) is 0 Å². The smallest absolute Gasteiger partial charge is 0.339 e. The third-order valence-corrected chi connectivity index (χ3v) is 6.43. The Morgan fingerprint density at radius 3 is 2.38 bits per heavy atom. The minimum atomic E-state index is -5.01. The number of rotatable bonds is 2. The fraction of sp³-hybridized carbons (Fsp3) is 0.500. The molecule has 0 unspecified atom stereocenters. The van der Waals surface area contributed by atoms with Gasteiger partial charge in [0.05, 0.1) is 12.1 Å². The molecule has 0 atom stereocenters. The van der Waals surface area contributed by atoms with Crippen molar-refractivity contribution in [2.24, 2.45) is 4.99 Å². The van der Waals surface area contributed by atoms with Crippen molar-refractivity contribution in [2.75, 3.05) is 32.7 Å². The van der Waals surface area contributed by atoms with Crippen LogP contribution >= 0.6 is 0 Å². The van der Waals surface area contributed by atoms with Crippen molar-refractivity contribution in [3.05, 3.63) is 46.0 Å². The second-order valence-corrected chi connectivity index (χ2v) is 8.33. The Hall–Kier alpha value is -2.78. The molecular weight excluding hydrogens is 433 g/mol. The molecule has 3 heterocycles. The molecule has 0 saturated carbocycles. The van der Waals surface area contributed by atoms with E-state index in [9.17, 15) is 31.5 Å². The molecular formula is C22H22F5N3O2. The molecule has 1 aromatic rings. The lowest BCUT2D eigenvalue weighted by Gasteiger charge is -2.34. The van der Waals surface area contributed by atoms with Gasteiger partial charge in [-0.15, -0.1) is 0 Å². The normalized spacial score (nSPS) is 19.9. The van der Waals surface area contributed by atoms with Crippen LogP contribution in [0.4, 0.5) is 22.0 Å². The van der Waals surface area contributed by atoms with Crippen LogP contribution in [0, 0.1) is 11.6 Å². The molecule has 1 aromatic carbocycles. The largest absolute Gasteiger partial charge is 0.419 e. The Kier molecular flexibility index (Phi) is 5.81. The number of hydrogen-bond acceptors (Lipinski definition) is 3. The van der Waals surface area contributed by atoms with E-state index in [0.29, 0.717) is 37.8 Å². The van der Waals surface area contributed by atoms with Crippen LogP contribution in [-0.4, -0.2) is 60.0 Å². The number of piperidine rings is 1. The average molecular weight is 455 g/mol. The van der Waals surface area contributed by atoms with E-state index in [1.165, 1.54) is 6.92 Å². The van der Waals surface area contributed by atoms with E-state index in [4.69, 9.17) is 0 Å². The second kappa shape index (κ2) is 8.29. The molecule has 2 amide bonds. The van der Waals surface area contributed by atoms with Gasteiger partial charge in [-0.3, -0.25) is 14.6 Å². The van der Waals surface area contributed by atoms with Crippen molar-refractivity contribution in [1.29, 1.82) is 0 Å². The van der Waals surface area contributed by atoms with Gasteiger partial charge < -0.3 is 9.80 Å². The first-order valence-electron chi connectivity index (χ1n) is 10.4. The molecule has 4 rings (SSSR count). The maximum atomic E-state index is 14.0. The van der Waals surface area contributed by atoms with Gasteiger partial charge in [-0.05, 0) is 48.0 Å². The number of benzene rings is 1. The number of likely N-dealkylation sites (tertiary alicyclic amines) is 1. The monoisotopic (exact) mass is 455 g/mol. The van der Waals surface area contributed by atoms with Crippen LogP contribution in [0.15, 0.2) is 28.3 Å². The predicted molar refractivity (Wildman–Crippen MR) is 106 cm³/mol. The van der Waals surface area contributed by atoms with Crippen LogP contribution in [0.25, 0.3) is 0 Å². The predicted octanol–water partition coefficient (Wildman–Crippen LogP) is 3.69. The quantitative estimate of drug-likeness (QED) is 0.639. The molecule has 0 bridgehead atoms. The van der Waals surface area contributed by atoms with Gasteiger partial charge in [-0.25, -0.2) is 8.78 Å². The zero-order valence-corrected chi connectivity index (χ0v) is 17.4. The number of aliphatic imine (C=N–C) groups is 1. The summed E-state index contributed by atoms with van der Waals surface area (Å²) >= 11 is 0. The van der Waals surface area contributed by atoms with Crippen molar-refractivity contribution >= 4 is 17.5 Å². The lowest BCUT2D eigenvalue weighted by molar-refractivity contribution is -0.141. The second-order valence-electron chi connectivity index (χ2n) is 8.33. The molecule has 0 radical (unpaired) electrons. The number of carbonyl (C=O) groups excluding carboxylic acids is 2. The molecule has 5 nitrogen and oxygen atoms in total. The van der Waals surface area contributed by atoms with E-state index in [1.54, 1.807) is 9.80 Å². The van der Waals surface area contributed by atoms with Crippen LogP contribution in [0.5, 0.6) is 0 Å². The highest BCUT2D eigenvalue weighted by Crippen LogP contribution is 2.41. The van der Waals surface area contributed by atoms with Gasteiger partial charge in [0.15, 0.2) is 11.6 Å². The van der Waals surface area contributed by atoms with Gasteiger partial charge in [0.1, 0.15) is 5.71 Å².